The molecular formula is C30H40N4O2. The van der Waals surface area contributed by atoms with E-state index in [-0.39, 0.29) is 23.8 Å². The summed E-state index contributed by atoms with van der Waals surface area (Å²) in [6.07, 6.45) is 11.0. The van der Waals surface area contributed by atoms with E-state index in [1.807, 2.05) is 37.3 Å². The molecule has 3 aliphatic rings. The molecule has 1 aliphatic carbocycles. The van der Waals surface area contributed by atoms with Gasteiger partial charge in [-0.2, -0.15) is 0 Å². The van der Waals surface area contributed by atoms with Gasteiger partial charge in [0.25, 0.3) is 5.91 Å². The summed E-state index contributed by atoms with van der Waals surface area (Å²) in [6, 6.07) is 10.5. The van der Waals surface area contributed by atoms with Gasteiger partial charge in [0.15, 0.2) is 0 Å². The largest absolute Gasteiger partial charge is 0.371 e. The van der Waals surface area contributed by atoms with Crippen molar-refractivity contribution in [3.8, 4) is 0 Å². The number of benzene rings is 1. The summed E-state index contributed by atoms with van der Waals surface area (Å²) >= 11 is 0. The molecule has 1 aromatic carbocycles. The molecule has 5 rings (SSSR count). The topological polar surface area (TPSA) is 56.8 Å². The van der Waals surface area contributed by atoms with Crippen molar-refractivity contribution in [1.29, 1.82) is 0 Å². The van der Waals surface area contributed by atoms with E-state index in [9.17, 15) is 9.59 Å². The van der Waals surface area contributed by atoms with Crippen LogP contribution in [0.15, 0.2) is 42.7 Å². The highest BCUT2D eigenvalue weighted by atomic mass is 16.2. The van der Waals surface area contributed by atoms with Gasteiger partial charge in [-0.3, -0.25) is 14.6 Å². The number of nitrogens with zero attached hydrogens (tertiary/aromatic N) is 4. The van der Waals surface area contributed by atoms with Crippen molar-refractivity contribution >= 4 is 17.5 Å². The first kappa shape index (κ1) is 24.8. The SMILES string of the molecule is CCC(C)C(=O)N(C)C1CCc2ccc(C(=O)N3CCC4(CC3)CCN(c3ccncc3)CC4)cc21. The number of piperidine rings is 2. The van der Waals surface area contributed by atoms with E-state index < -0.39 is 0 Å². The van der Waals surface area contributed by atoms with Gasteiger partial charge in [0, 0.05) is 62.8 Å². The molecule has 2 unspecified atom stereocenters. The van der Waals surface area contributed by atoms with Crippen LogP contribution >= 0.6 is 0 Å². The molecule has 2 amide bonds. The molecule has 2 aromatic rings. The second kappa shape index (κ2) is 10.2. The Morgan fingerprint density at radius 2 is 1.72 bits per heavy atom. The molecule has 0 saturated carbocycles. The maximum Gasteiger partial charge on any atom is 0.253 e. The number of aryl methyl sites for hydroxylation is 1. The van der Waals surface area contributed by atoms with Gasteiger partial charge < -0.3 is 14.7 Å². The molecule has 3 heterocycles. The molecule has 1 spiro atoms. The highest BCUT2D eigenvalue weighted by Gasteiger charge is 2.39. The minimum Gasteiger partial charge on any atom is -0.371 e. The second-order valence-electron chi connectivity index (χ2n) is 11.2. The van der Waals surface area contributed by atoms with Crippen LogP contribution in [0, 0.1) is 11.3 Å². The van der Waals surface area contributed by atoms with Gasteiger partial charge in [0.2, 0.25) is 5.91 Å². The van der Waals surface area contributed by atoms with Crippen LogP contribution in [0.1, 0.15) is 79.9 Å². The molecule has 36 heavy (non-hydrogen) atoms. The lowest BCUT2D eigenvalue weighted by Gasteiger charge is -2.47. The van der Waals surface area contributed by atoms with E-state index in [4.69, 9.17) is 0 Å². The highest BCUT2D eigenvalue weighted by molar-refractivity contribution is 5.94. The quantitative estimate of drug-likeness (QED) is 0.588. The number of likely N-dealkylation sites (tertiary alicyclic amines) is 1. The van der Waals surface area contributed by atoms with Crippen molar-refractivity contribution in [2.24, 2.45) is 11.3 Å². The average molecular weight is 489 g/mol. The minimum absolute atomic E-state index is 0.0288. The Bertz CT molecular complexity index is 1080. The highest BCUT2D eigenvalue weighted by Crippen LogP contribution is 2.42. The lowest BCUT2D eigenvalue weighted by atomic mass is 9.71. The number of rotatable bonds is 5. The number of anilines is 1. The predicted molar refractivity (Wildman–Crippen MR) is 143 cm³/mol. The van der Waals surface area contributed by atoms with Crippen LogP contribution in [0.2, 0.25) is 0 Å². The zero-order valence-electron chi connectivity index (χ0n) is 22.1. The first-order valence-corrected chi connectivity index (χ1v) is 13.7. The van der Waals surface area contributed by atoms with Crippen LogP contribution in [-0.4, -0.2) is 59.8 Å². The summed E-state index contributed by atoms with van der Waals surface area (Å²) in [7, 11) is 1.92. The number of pyridine rings is 1. The number of fused-ring (bicyclic) bond motifs is 1. The van der Waals surface area contributed by atoms with E-state index in [0.717, 1.165) is 69.4 Å². The Morgan fingerprint density at radius 1 is 1.06 bits per heavy atom. The van der Waals surface area contributed by atoms with E-state index in [0.29, 0.717) is 5.41 Å². The van der Waals surface area contributed by atoms with E-state index in [1.165, 1.54) is 24.1 Å². The predicted octanol–water partition coefficient (Wildman–Crippen LogP) is 5.10. The fourth-order valence-electron chi connectivity index (χ4n) is 6.45. The lowest BCUT2D eigenvalue weighted by molar-refractivity contribution is -0.136. The van der Waals surface area contributed by atoms with Gasteiger partial charge in [-0.1, -0.05) is 19.9 Å². The molecule has 2 fully saturated rings. The Labute approximate surface area is 215 Å². The number of hydrogen-bond acceptors (Lipinski definition) is 4. The van der Waals surface area contributed by atoms with Crippen molar-refractivity contribution in [2.45, 2.75) is 64.8 Å². The molecule has 192 valence electrons. The van der Waals surface area contributed by atoms with Gasteiger partial charge in [-0.25, -0.2) is 0 Å². The average Bonchev–Trinajstić information content (AvgIpc) is 3.36. The molecule has 0 radical (unpaired) electrons. The van der Waals surface area contributed by atoms with Crippen molar-refractivity contribution in [3.05, 3.63) is 59.4 Å². The van der Waals surface area contributed by atoms with Crippen LogP contribution in [0.4, 0.5) is 5.69 Å². The van der Waals surface area contributed by atoms with Crippen LogP contribution in [0.3, 0.4) is 0 Å². The van der Waals surface area contributed by atoms with E-state index >= 15 is 0 Å². The van der Waals surface area contributed by atoms with Gasteiger partial charge in [-0.15, -0.1) is 0 Å². The van der Waals surface area contributed by atoms with Crippen LogP contribution in [-0.2, 0) is 11.2 Å². The molecule has 6 nitrogen and oxygen atoms in total. The number of carbonyl (C=O) groups excluding carboxylic acids is 2. The van der Waals surface area contributed by atoms with Gasteiger partial charge in [0.05, 0.1) is 6.04 Å². The fraction of sp³-hybridized carbons (Fsp3) is 0.567. The van der Waals surface area contributed by atoms with Crippen molar-refractivity contribution < 1.29 is 9.59 Å². The summed E-state index contributed by atoms with van der Waals surface area (Å²) in [5.74, 6) is 0.368. The van der Waals surface area contributed by atoms with Crippen LogP contribution in [0.25, 0.3) is 0 Å². The first-order chi connectivity index (χ1) is 17.4. The lowest BCUT2D eigenvalue weighted by Crippen LogP contribution is -2.48. The number of hydrogen-bond donors (Lipinski definition) is 0. The third kappa shape index (κ3) is 4.74. The third-order valence-electron chi connectivity index (χ3n) is 9.25. The molecular weight excluding hydrogens is 448 g/mol. The van der Waals surface area contributed by atoms with Crippen LogP contribution in [0.5, 0.6) is 0 Å². The standard InChI is InChI=1S/C30H40N4O2/c1-4-22(2)28(35)32(3)27-8-7-23-5-6-24(21-26(23)27)29(36)34-19-13-30(14-20-34)11-17-33(18-12-30)25-9-15-31-16-10-25/h5-6,9-10,15-16,21-22,27H,4,7-8,11-14,17-20H2,1-3H3. The molecule has 2 atom stereocenters. The van der Waals surface area contributed by atoms with Crippen molar-refractivity contribution in [1.82, 2.24) is 14.8 Å². The summed E-state index contributed by atoms with van der Waals surface area (Å²) in [5, 5.41) is 0. The second-order valence-corrected chi connectivity index (χ2v) is 11.2. The van der Waals surface area contributed by atoms with Gasteiger partial charge >= 0.3 is 0 Å². The smallest absolute Gasteiger partial charge is 0.253 e. The summed E-state index contributed by atoms with van der Waals surface area (Å²) in [4.78, 5) is 36.9. The Hall–Kier alpha value is -2.89. The number of carbonyl (C=O) groups is 2. The van der Waals surface area contributed by atoms with Gasteiger partial charge in [-0.05, 0) is 85.8 Å². The molecule has 6 heteroatoms. The summed E-state index contributed by atoms with van der Waals surface area (Å²) in [5.41, 5.74) is 4.84. The zero-order valence-corrected chi connectivity index (χ0v) is 22.1. The van der Waals surface area contributed by atoms with E-state index in [2.05, 4.69) is 46.0 Å². The Morgan fingerprint density at radius 3 is 2.39 bits per heavy atom. The van der Waals surface area contributed by atoms with Gasteiger partial charge in [0.1, 0.15) is 0 Å². The Kier molecular flexibility index (Phi) is 7.05. The minimum atomic E-state index is 0.0288. The Balaban J connectivity index is 1.21. The van der Waals surface area contributed by atoms with Crippen molar-refractivity contribution in [3.63, 3.8) is 0 Å². The maximum atomic E-state index is 13.5. The molecule has 2 aliphatic heterocycles. The summed E-state index contributed by atoms with van der Waals surface area (Å²) < 4.78 is 0. The fourth-order valence-corrected chi connectivity index (χ4v) is 6.45. The maximum absolute atomic E-state index is 13.5. The monoisotopic (exact) mass is 488 g/mol. The first-order valence-electron chi connectivity index (χ1n) is 13.7. The van der Waals surface area contributed by atoms with Crippen molar-refractivity contribution in [2.75, 3.05) is 38.1 Å². The third-order valence-corrected chi connectivity index (χ3v) is 9.25. The zero-order chi connectivity index (χ0) is 25.3. The van der Waals surface area contributed by atoms with E-state index in [1.54, 1.807) is 0 Å². The molecule has 2 saturated heterocycles. The molecule has 0 N–H and O–H groups in total. The van der Waals surface area contributed by atoms with Crippen LogP contribution < -0.4 is 4.90 Å². The summed E-state index contributed by atoms with van der Waals surface area (Å²) in [6.45, 7) is 7.88. The number of aromatic nitrogens is 1. The molecule has 0 bridgehead atoms. The number of amides is 2. The normalized spacial score (nSPS) is 21.8. The molecule has 1 aromatic heterocycles.